The molecule has 0 bridgehead atoms. The number of hydrogen-bond donors (Lipinski definition) is 2. The lowest BCUT2D eigenvalue weighted by Crippen LogP contribution is -2.47. The molecule has 104 valence electrons. The van der Waals surface area contributed by atoms with Crippen molar-refractivity contribution in [3.05, 3.63) is 24.2 Å². The number of nitrogens with one attached hydrogen (secondary N) is 1. The average molecular weight is 266 g/mol. The van der Waals surface area contributed by atoms with Gasteiger partial charge in [-0.1, -0.05) is 6.92 Å². The smallest absolute Gasteiger partial charge is 0.293 e. The molecule has 1 aromatic rings. The second-order valence-electron chi connectivity index (χ2n) is 4.92. The fourth-order valence-corrected chi connectivity index (χ4v) is 2.10. The van der Waals surface area contributed by atoms with E-state index in [0.29, 0.717) is 6.54 Å². The highest BCUT2D eigenvalue weighted by molar-refractivity contribution is 6.03. The largest absolute Gasteiger partial charge is 0.459 e. The SMILES string of the molecule is CC1CCN(CC(=O)NC(=O)c2ccco2)CC1O. The van der Waals surface area contributed by atoms with Crippen molar-refractivity contribution in [1.29, 1.82) is 0 Å². The van der Waals surface area contributed by atoms with Crippen LogP contribution in [0.5, 0.6) is 0 Å². The van der Waals surface area contributed by atoms with Crippen LogP contribution in [-0.4, -0.2) is 47.6 Å². The van der Waals surface area contributed by atoms with Crippen LogP contribution in [0.1, 0.15) is 23.9 Å². The number of nitrogens with zero attached hydrogens (tertiary/aromatic N) is 1. The number of hydrogen-bond acceptors (Lipinski definition) is 5. The molecule has 0 aliphatic carbocycles. The molecule has 6 nitrogen and oxygen atoms in total. The second-order valence-corrected chi connectivity index (χ2v) is 4.92. The zero-order chi connectivity index (χ0) is 13.8. The number of carbonyl (C=O) groups is 2. The minimum absolute atomic E-state index is 0.107. The highest BCUT2D eigenvalue weighted by Gasteiger charge is 2.25. The molecule has 2 amide bonds. The Morgan fingerprint density at radius 1 is 1.58 bits per heavy atom. The number of piperidine rings is 1. The molecular formula is C13H18N2O4. The Morgan fingerprint density at radius 2 is 2.37 bits per heavy atom. The summed E-state index contributed by atoms with van der Waals surface area (Å²) >= 11 is 0. The average Bonchev–Trinajstić information content (AvgIpc) is 2.87. The number of aliphatic hydroxyl groups excluding tert-OH is 1. The summed E-state index contributed by atoms with van der Waals surface area (Å²) in [5.74, 6) is -0.561. The van der Waals surface area contributed by atoms with Crippen molar-refractivity contribution in [2.75, 3.05) is 19.6 Å². The van der Waals surface area contributed by atoms with Crippen LogP contribution in [0.25, 0.3) is 0 Å². The minimum Gasteiger partial charge on any atom is -0.459 e. The van der Waals surface area contributed by atoms with Crippen LogP contribution in [0.2, 0.25) is 0 Å². The van der Waals surface area contributed by atoms with Gasteiger partial charge in [-0.05, 0) is 31.0 Å². The van der Waals surface area contributed by atoms with E-state index in [1.807, 2.05) is 11.8 Å². The van der Waals surface area contributed by atoms with Gasteiger partial charge in [-0.15, -0.1) is 0 Å². The molecule has 2 unspecified atom stereocenters. The summed E-state index contributed by atoms with van der Waals surface area (Å²) in [4.78, 5) is 25.1. The number of rotatable bonds is 3. The second kappa shape index (κ2) is 5.99. The van der Waals surface area contributed by atoms with Gasteiger partial charge in [0, 0.05) is 6.54 Å². The molecule has 1 aliphatic rings. The van der Waals surface area contributed by atoms with Gasteiger partial charge in [-0.25, -0.2) is 0 Å². The first-order valence-corrected chi connectivity index (χ1v) is 6.34. The Labute approximate surface area is 111 Å². The van der Waals surface area contributed by atoms with E-state index in [0.717, 1.165) is 13.0 Å². The lowest BCUT2D eigenvalue weighted by atomic mass is 9.96. The van der Waals surface area contributed by atoms with E-state index < -0.39 is 12.0 Å². The number of β-amino-alcohol motifs (C(OH)–C–C–N with tert-alkyl or cyclic N) is 1. The van der Waals surface area contributed by atoms with Crippen molar-refractivity contribution in [3.63, 3.8) is 0 Å². The van der Waals surface area contributed by atoms with E-state index >= 15 is 0 Å². The molecule has 0 aromatic carbocycles. The number of imide groups is 1. The summed E-state index contributed by atoms with van der Waals surface area (Å²) in [5.41, 5.74) is 0. The maximum absolute atomic E-state index is 11.7. The van der Waals surface area contributed by atoms with Crippen LogP contribution >= 0.6 is 0 Å². The van der Waals surface area contributed by atoms with E-state index in [2.05, 4.69) is 5.32 Å². The van der Waals surface area contributed by atoms with Crippen LogP contribution in [-0.2, 0) is 4.79 Å². The molecule has 2 atom stereocenters. The number of likely N-dealkylation sites (tertiary alicyclic amines) is 1. The van der Waals surface area contributed by atoms with Gasteiger partial charge in [0.1, 0.15) is 0 Å². The third-order valence-corrected chi connectivity index (χ3v) is 3.37. The molecule has 1 aliphatic heterocycles. The zero-order valence-electron chi connectivity index (χ0n) is 10.8. The predicted octanol–water partition coefficient (Wildman–Crippen LogP) is 0.239. The molecule has 0 spiro atoms. The van der Waals surface area contributed by atoms with Crippen molar-refractivity contribution < 1.29 is 19.1 Å². The first-order chi connectivity index (χ1) is 9.06. The van der Waals surface area contributed by atoms with Gasteiger partial charge in [0.2, 0.25) is 5.91 Å². The van der Waals surface area contributed by atoms with Crippen molar-refractivity contribution >= 4 is 11.8 Å². The van der Waals surface area contributed by atoms with Crippen LogP contribution in [0, 0.1) is 5.92 Å². The van der Waals surface area contributed by atoms with Gasteiger partial charge in [0.25, 0.3) is 5.91 Å². The van der Waals surface area contributed by atoms with E-state index in [-0.39, 0.29) is 24.1 Å². The maximum atomic E-state index is 11.7. The van der Waals surface area contributed by atoms with E-state index in [9.17, 15) is 14.7 Å². The third kappa shape index (κ3) is 3.65. The monoisotopic (exact) mass is 266 g/mol. The quantitative estimate of drug-likeness (QED) is 0.819. The first kappa shape index (κ1) is 13.8. The molecule has 1 saturated heterocycles. The Hall–Kier alpha value is -1.66. The Kier molecular flexibility index (Phi) is 4.34. The van der Waals surface area contributed by atoms with Gasteiger partial charge in [0.05, 0.1) is 18.9 Å². The molecule has 2 N–H and O–H groups in total. The van der Waals surface area contributed by atoms with Crippen LogP contribution in [0.15, 0.2) is 22.8 Å². The number of aliphatic hydroxyl groups is 1. The van der Waals surface area contributed by atoms with Crippen molar-refractivity contribution in [1.82, 2.24) is 10.2 Å². The highest BCUT2D eigenvalue weighted by atomic mass is 16.3. The van der Waals surface area contributed by atoms with Crippen molar-refractivity contribution in [2.45, 2.75) is 19.4 Å². The van der Waals surface area contributed by atoms with Gasteiger partial charge >= 0.3 is 0 Å². The number of amides is 2. The summed E-state index contributed by atoms with van der Waals surface area (Å²) < 4.78 is 4.90. The van der Waals surface area contributed by atoms with Gasteiger partial charge in [-0.2, -0.15) is 0 Å². The minimum atomic E-state index is -0.541. The zero-order valence-corrected chi connectivity index (χ0v) is 10.8. The lowest BCUT2D eigenvalue weighted by molar-refractivity contribution is -0.122. The molecule has 0 saturated carbocycles. The predicted molar refractivity (Wildman–Crippen MR) is 67.4 cm³/mol. The van der Waals surface area contributed by atoms with Crippen LogP contribution in [0.3, 0.4) is 0 Å². The summed E-state index contributed by atoms with van der Waals surface area (Å²) in [7, 11) is 0. The molecule has 19 heavy (non-hydrogen) atoms. The first-order valence-electron chi connectivity index (χ1n) is 6.34. The Balaban J connectivity index is 1.80. The van der Waals surface area contributed by atoms with Crippen LogP contribution in [0.4, 0.5) is 0 Å². The Bertz CT molecular complexity index is 444. The van der Waals surface area contributed by atoms with Gasteiger partial charge in [0.15, 0.2) is 5.76 Å². The summed E-state index contributed by atoms with van der Waals surface area (Å²) in [6.45, 7) is 3.31. The highest BCUT2D eigenvalue weighted by Crippen LogP contribution is 2.16. The van der Waals surface area contributed by atoms with Gasteiger partial charge in [-0.3, -0.25) is 19.8 Å². The Morgan fingerprint density at radius 3 is 3.00 bits per heavy atom. The summed E-state index contributed by atoms with van der Waals surface area (Å²) in [5, 5.41) is 12.0. The molecular weight excluding hydrogens is 248 g/mol. The normalized spacial score (nSPS) is 24.1. The molecule has 1 aromatic heterocycles. The number of carbonyl (C=O) groups excluding carboxylic acids is 2. The maximum Gasteiger partial charge on any atom is 0.293 e. The fourth-order valence-electron chi connectivity index (χ4n) is 2.10. The van der Waals surface area contributed by atoms with E-state index in [4.69, 9.17) is 4.42 Å². The standard InChI is InChI=1S/C13H18N2O4/c1-9-4-5-15(7-10(9)16)8-12(17)14-13(18)11-3-2-6-19-11/h2-3,6,9-10,16H,4-5,7-8H2,1H3,(H,14,17,18). The number of furan rings is 1. The fraction of sp³-hybridized carbons (Fsp3) is 0.538. The summed E-state index contributed by atoms with van der Waals surface area (Å²) in [6.07, 6.45) is 1.81. The lowest BCUT2D eigenvalue weighted by Gasteiger charge is -2.33. The van der Waals surface area contributed by atoms with Crippen LogP contribution < -0.4 is 5.32 Å². The molecule has 2 heterocycles. The molecule has 6 heteroatoms. The summed E-state index contributed by atoms with van der Waals surface area (Å²) in [6, 6.07) is 3.08. The molecule has 2 rings (SSSR count). The van der Waals surface area contributed by atoms with Crippen molar-refractivity contribution in [3.8, 4) is 0 Å². The molecule has 0 radical (unpaired) electrons. The topological polar surface area (TPSA) is 82.8 Å². The van der Waals surface area contributed by atoms with E-state index in [1.54, 1.807) is 6.07 Å². The third-order valence-electron chi connectivity index (χ3n) is 3.37. The van der Waals surface area contributed by atoms with E-state index in [1.165, 1.54) is 12.3 Å². The van der Waals surface area contributed by atoms with Crippen molar-refractivity contribution in [2.24, 2.45) is 5.92 Å². The molecule has 1 fully saturated rings. The van der Waals surface area contributed by atoms with Gasteiger partial charge < -0.3 is 9.52 Å².